The zero-order valence-corrected chi connectivity index (χ0v) is 10.7. The van der Waals surface area contributed by atoms with Gasteiger partial charge in [-0.25, -0.2) is 0 Å². The van der Waals surface area contributed by atoms with Crippen LogP contribution in [0.1, 0.15) is 45.1 Å². The zero-order chi connectivity index (χ0) is 11.8. The van der Waals surface area contributed by atoms with E-state index in [0.717, 1.165) is 19.3 Å². The summed E-state index contributed by atoms with van der Waals surface area (Å²) in [6, 6.07) is 0. The summed E-state index contributed by atoms with van der Waals surface area (Å²) in [6.45, 7) is 4.65. The van der Waals surface area contributed by atoms with Crippen molar-refractivity contribution in [2.24, 2.45) is 18.2 Å². The van der Waals surface area contributed by atoms with Gasteiger partial charge in [-0.3, -0.25) is 4.68 Å². The molecule has 0 radical (unpaired) electrons. The summed E-state index contributed by atoms with van der Waals surface area (Å²) in [5, 5.41) is 4.19. The summed E-state index contributed by atoms with van der Waals surface area (Å²) in [5.74, 6) is 0. The highest BCUT2D eigenvalue weighted by Crippen LogP contribution is 2.44. The minimum atomic E-state index is 0.0549. The van der Waals surface area contributed by atoms with E-state index in [0.29, 0.717) is 5.41 Å². The highest BCUT2D eigenvalue weighted by molar-refractivity contribution is 5.07. The first kappa shape index (κ1) is 11.6. The number of hydrogen-bond acceptors (Lipinski definition) is 2. The van der Waals surface area contributed by atoms with Gasteiger partial charge in [0.2, 0.25) is 0 Å². The molecule has 1 aromatic rings. The average Bonchev–Trinajstić information content (AvgIpc) is 2.69. The molecule has 3 heteroatoms. The highest BCUT2D eigenvalue weighted by Gasteiger charge is 2.39. The van der Waals surface area contributed by atoms with Crippen molar-refractivity contribution in [1.82, 2.24) is 9.78 Å². The van der Waals surface area contributed by atoms with Gasteiger partial charge in [0.15, 0.2) is 0 Å². The lowest BCUT2D eigenvalue weighted by atomic mass is 9.85. The van der Waals surface area contributed by atoms with Gasteiger partial charge in [0.25, 0.3) is 0 Å². The number of rotatable bonds is 3. The molecule has 16 heavy (non-hydrogen) atoms. The third-order valence-electron chi connectivity index (χ3n) is 3.80. The maximum absolute atomic E-state index is 6.46. The molecule has 0 bridgehead atoms. The lowest BCUT2D eigenvalue weighted by Crippen LogP contribution is -2.38. The molecule has 2 N–H and O–H groups in total. The van der Waals surface area contributed by atoms with E-state index in [-0.39, 0.29) is 5.54 Å². The second-order valence-corrected chi connectivity index (χ2v) is 6.23. The van der Waals surface area contributed by atoms with E-state index in [4.69, 9.17) is 5.73 Å². The lowest BCUT2D eigenvalue weighted by Gasteiger charge is -2.26. The van der Waals surface area contributed by atoms with Crippen LogP contribution in [0.3, 0.4) is 0 Å². The predicted octanol–water partition coefficient (Wildman–Crippen LogP) is 2.26. The van der Waals surface area contributed by atoms with Crippen molar-refractivity contribution in [3.05, 3.63) is 18.0 Å². The summed E-state index contributed by atoms with van der Waals surface area (Å²) in [5.41, 5.74) is 8.25. The highest BCUT2D eigenvalue weighted by atomic mass is 15.2. The molecule has 0 saturated heterocycles. The van der Waals surface area contributed by atoms with Crippen LogP contribution in [0.25, 0.3) is 0 Å². The van der Waals surface area contributed by atoms with Crippen molar-refractivity contribution >= 4 is 0 Å². The Morgan fingerprint density at radius 1 is 1.44 bits per heavy atom. The fourth-order valence-corrected chi connectivity index (χ4v) is 2.92. The fraction of sp³-hybridized carbons (Fsp3) is 0.769. The van der Waals surface area contributed by atoms with Crippen LogP contribution < -0.4 is 5.73 Å². The van der Waals surface area contributed by atoms with E-state index in [9.17, 15) is 0 Å². The molecule has 1 unspecified atom stereocenters. The van der Waals surface area contributed by atoms with Crippen LogP contribution >= 0.6 is 0 Å². The summed E-state index contributed by atoms with van der Waals surface area (Å²) in [6.07, 6.45) is 9.76. The third kappa shape index (κ3) is 2.64. The summed E-state index contributed by atoms with van der Waals surface area (Å²) >= 11 is 0. The van der Waals surface area contributed by atoms with Crippen molar-refractivity contribution in [3.8, 4) is 0 Å². The first-order valence-electron chi connectivity index (χ1n) is 6.15. The Morgan fingerprint density at radius 3 is 2.69 bits per heavy atom. The monoisotopic (exact) mass is 221 g/mol. The normalized spacial score (nSPS) is 28.5. The van der Waals surface area contributed by atoms with Gasteiger partial charge in [0.1, 0.15) is 0 Å². The van der Waals surface area contributed by atoms with Crippen molar-refractivity contribution in [2.45, 2.75) is 51.5 Å². The first-order valence-corrected chi connectivity index (χ1v) is 6.15. The zero-order valence-electron chi connectivity index (χ0n) is 10.7. The van der Waals surface area contributed by atoms with Crippen LogP contribution in [0.15, 0.2) is 12.4 Å². The van der Waals surface area contributed by atoms with Gasteiger partial charge in [-0.05, 0) is 43.1 Å². The maximum atomic E-state index is 6.46. The van der Waals surface area contributed by atoms with Gasteiger partial charge in [0.05, 0.1) is 6.20 Å². The van der Waals surface area contributed by atoms with Gasteiger partial charge in [-0.2, -0.15) is 5.10 Å². The Morgan fingerprint density at radius 2 is 2.19 bits per heavy atom. The second-order valence-electron chi connectivity index (χ2n) is 6.23. The Labute approximate surface area is 98.0 Å². The molecule has 2 rings (SSSR count). The Bertz CT molecular complexity index is 367. The number of aryl methyl sites for hydroxylation is 2. The molecular weight excluding hydrogens is 198 g/mol. The van der Waals surface area contributed by atoms with Gasteiger partial charge in [-0.1, -0.05) is 13.8 Å². The molecule has 0 amide bonds. The first-order chi connectivity index (χ1) is 7.39. The van der Waals surface area contributed by atoms with E-state index < -0.39 is 0 Å². The van der Waals surface area contributed by atoms with Crippen LogP contribution in [-0.4, -0.2) is 15.3 Å². The van der Waals surface area contributed by atoms with Crippen LogP contribution in [0, 0.1) is 5.41 Å². The van der Waals surface area contributed by atoms with Crippen molar-refractivity contribution in [3.63, 3.8) is 0 Å². The molecule has 1 atom stereocenters. The van der Waals surface area contributed by atoms with E-state index in [1.165, 1.54) is 18.4 Å². The minimum Gasteiger partial charge on any atom is -0.325 e. The van der Waals surface area contributed by atoms with E-state index in [1.54, 1.807) is 0 Å². The minimum absolute atomic E-state index is 0.0549. The van der Waals surface area contributed by atoms with Crippen LogP contribution in [0.5, 0.6) is 0 Å². The molecule has 90 valence electrons. The molecule has 1 fully saturated rings. The molecule has 3 nitrogen and oxygen atoms in total. The summed E-state index contributed by atoms with van der Waals surface area (Å²) in [7, 11) is 1.96. The molecule has 0 spiro atoms. The molecule has 1 aliphatic carbocycles. The largest absolute Gasteiger partial charge is 0.325 e. The van der Waals surface area contributed by atoms with Crippen LogP contribution in [-0.2, 0) is 13.5 Å². The van der Waals surface area contributed by atoms with Gasteiger partial charge < -0.3 is 5.73 Å². The Balaban J connectivity index is 1.91. The van der Waals surface area contributed by atoms with Crippen LogP contribution in [0.2, 0.25) is 0 Å². The predicted molar refractivity (Wildman–Crippen MR) is 66.1 cm³/mol. The Hall–Kier alpha value is -0.830. The molecule has 1 heterocycles. The summed E-state index contributed by atoms with van der Waals surface area (Å²) in [4.78, 5) is 0. The van der Waals surface area contributed by atoms with Crippen molar-refractivity contribution < 1.29 is 0 Å². The summed E-state index contributed by atoms with van der Waals surface area (Å²) < 4.78 is 1.86. The third-order valence-corrected chi connectivity index (χ3v) is 3.80. The van der Waals surface area contributed by atoms with Crippen LogP contribution in [0.4, 0.5) is 0 Å². The Kier molecular flexibility index (Phi) is 2.82. The number of hydrogen-bond donors (Lipinski definition) is 1. The average molecular weight is 221 g/mol. The van der Waals surface area contributed by atoms with E-state index >= 15 is 0 Å². The van der Waals surface area contributed by atoms with Crippen molar-refractivity contribution in [2.75, 3.05) is 0 Å². The molecule has 0 aliphatic heterocycles. The molecule has 1 aliphatic rings. The maximum Gasteiger partial charge on any atom is 0.0521 e. The molecule has 1 saturated carbocycles. The second kappa shape index (κ2) is 3.88. The molecule has 1 aromatic heterocycles. The van der Waals surface area contributed by atoms with Gasteiger partial charge in [0, 0.05) is 18.8 Å². The van der Waals surface area contributed by atoms with Crippen molar-refractivity contribution in [1.29, 1.82) is 0 Å². The van der Waals surface area contributed by atoms with Gasteiger partial charge in [-0.15, -0.1) is 0 Å². The number of nitrogens with two attached hydrogens (primary N) is 1. The molecule has 0 aromatic carbocycles. The molecular formula is C13H23N3. The van der Waals surface area contributed by atoms with E-state index in [2.05, 4.69) is 25.1 Å². The fourth-order valence-electron chi connectivity index (χ4n) is 2.92. The quantitative estimate of drug-likeness (QED) is 0.851. The van der Waals surface area contributed by atoms with Gasteiger partial charge >= 0.3 is 0 Å². The smallest absolute Gasteiger partial charge is 0.0521 e. The topological polar surface area (TPSA) is 43.8 Å². The SMILES string of the molecule is Cn1cc(CCC2(N)CCC(C)(C)C2)cn1. The number of nitrogens with zero attached hydrogens (tertiary/aromatic N) is 2. The van der Waals surface area contributed by atoms with E-state index in [1.807, 2.05) is 17.9 Å². The lowest BCUT2D eigenvalue weighted by molar-refractivity contribution is 0.324. The standard InChI is InChI=1S/C13H23N3/c1-12(2)6-7-13(14,10-12)5-4-11-8-15-16(3)9-11/h8-9H,4-7,10,14H2,1-3H3. The number of aromatic nitrogens is 2.